The molecule has 3 aromatic rings. The average Bonchev–Trinajstić information content (AvgIpc) is 3.68. The van der Waals surface area contributed by atoms with E-state index in [-0.39, 0.29) is 35.4 Å². The fourth-order valence-corrected chi connectivity index (χ4v) is 9.89. The van der Waals surface area contributed by atoms with Crippen molar-refractivity contribution < 1.29 is 39.2 Å². The van der Waals surface area contributed by atoms with Crippen molar-refractivity contribution in [3.8, 4) is 11.5 Å². The van der Waals surface area contributed by atoms with Crippen LogP contribution in [0.1, 0.15) is 54.4 Å². The van der Waals surface area contributed by atoms with Crippen LogP contribution in [0, 0.1) is 10.1 Å². The molecule has 2 aliphatic heterocycles. The maximum Gasteiger partial charge on any atom is 0.269 e. The van der Waals surface area contributed by atoms with Crippen LogP contribution in [0.25, 0.3) is 12.2 Å². The summed E-state index contributed by atoms with van der Waals surface area (Å²) in [6, 6.07) is 21.6. The Hall–Kier alpha value is -2.32. The molecule has 0 spiro atoms. The van der Waals surface area contributed by atoms with E-state index in [9.17, 15) is 10.1 Å². The maximum atomic E-state index is 10.8. The predicted molar refractivity (Wildman–Crippen MR) is 171 cm³/mol. The highest BCUT2D eigenvalue weighted by molar-refractivity contribution is 7.96. The Morgan fingerprint density at radius 2 is 1.26 bits per heavy atom. The Morgan fingerprint density at radius 3 is 1.86 bits per heavy atom. The highest BCUT2D eigenvalue weighted by Crippen LogP contribution is 2.29. The summed E-state index contributed by atoms with van der Waals surface area (Å²) in [5, 5.41) is 10.8. The standard InChI is InChI=1S/C33H39NO4S2.2ClH/c35-34(36)31-14-9-27(10-15-31)6-7-28-11-16-32(17-12-28)37-18-5-19-38-33-24-29(25-39-20-1-2-21-39)8-13-30(33)26-40-22-3-4-23-40;;/h6-17,24H,1-5,18-23,25-26H2;2*1H/q+2;;/p-2. The summed E-state index contributed by atoms with van der Waals surface area (Å²) in [4.78, 5) is 10.4. The zero-order valence-corrected chi connectivity index (χ0v) is 27.0. The average molecular weight is 649 g/mol. The molecule has 0 amide bonds. The van der Waals surface area contributed by atoms with Gasteiger partial charge in [0.15, 0.2) is 0 Å². The Labute approximate surface area is 268 Å². The first kappa shape index (κ1) is 34.2. The van der Waals surface area contributed by atoms with Gasteiger partial charge < -0.3 is 34.3 Å². The first-order chi connectivity index (χ1) is 19.6. The number of hydrogen-bond acceptors (Lipinski definition) is 4. The van der Waals surface area contributed by atoms with E-state index in [1.807, 2.05) is 36.4 Å². The molecular formula is C33H39Cl2NO4S2. The van der Waals surface area contributed by atoms with Crippen LogP contribution in [0.3, 0.4) is 0 Å². The third-order valence-electron chi connectivity index (χ3n) is 7.36. The van der Waals surface area contributed by atoms with E-state index in [4.69, 9.17) is 9.47 Å². The first-order valence-corrected chi connectivity index (χ1v) is 17.8. The molecule has 0 unspecified atom stereocenters. The third-order valence-corrected chi connectivity index (χ3v) is 12.3. The van der Waals surface area contributed by atoms with Gasteiger partial charge >= 0.3 is 0 Å². The van der Waals surface area contributed by atoms with Gasteiger partial charge in [0.1, 0.15) is 46.0 Å². The molecule has 9 heteroatoms. The largest absolute Gasteiger partial charge is 1.00 e. The second kappa shape index (κ2) is 17.7. The number of non-ortho nitro benzene ring substituents is 1. The highest BCUT2D eigenvalue weighted by atomic mass is 35.5. The SMILES string of the molecule is O=[N+]([O-])c1ccc(C=Cc2ccc(OCCCOc3cc(C[S+]4CCCC4)ccc3C[S+]3CCCC3)cc2)cc1.[Cl-].[Cl-]. The summed E-state index contributed by atoms with van der Waals surface area (Å²) < 4.78 is 12.4. The van der Waals surface area contributed by atoms with E-state index in [0.29, 0.717) is 35.0 Å². The van der Waals surface area contributed by atoms with E-state index in [1.165, 1.54) is 83.5 Å². The summed E-state index contributed by atoms with van der Waals surface area (Å²) >= 11 is 0. The van der Waals surface area contributed by atoms with Gasteiger partial charge in [0, 0.05) is 29.7 Å². The van der Waals surface area contributed by atoms with Gasteiger partial charge in [-0.1, -0.05) is 36.4 Å². The first-order valence-electron chi connectivity index (χ1n) is 14.3. The molecule has 5 nitrogen and oxygen atoms in total. The molecule has 0 N–H and O–H groups in total. The van der Waals surface area contributed by atoms with E-state index < -0.39 is 0 Å². The van der Waals surface area contributed by atoms with Crippen molar-refractivity contribution in [2.45, 2.75) is 43.6 Å². The van der Waals surface area contributed by atoms with Crippen molar-refractivity contribution in [3.05, 3.63) is 99.1 Å². The molecule has 0 radical (unpaired) electrons. The summed E-state index contributed by atoms with van der Waals surface area (Å²) in [5.74, 6) is 9.88. The summed E-state index contributed by atoms with van der Waals surface area (Å²) in [6.45, 7) is 1.27. The van der Waals surface area contributed by atoms with Crippen LogP contribution in [0.2, 0.25) is 0 Å². The quantitative estimate of drug-likeness (QED) is 0.0927. The molecule has 5 rings (SSSR count). The number of rotatable bonds is 13. The van der Waals surface area contributed by atoms with Crippen molar-refractivity contribution in [1.82, 2.24) is 0 Å². The molecule has 42 heavy (non-hydrogen) atoms. The molecule has 3 aromatic carbocycles. The van der Waals surface area contributed by atoms with Crippen LogP contribution in [-0.2, 0) is 33.3 Å². The van der Waals surface area contributed by atoms with Gasteiger partial charge in [0.2, 0.25) is 0 Å². The second-order valence-electron chi connectivity index (χ2n) is 10.5. The van der Waals surface area contributed by atoms with Crippen molar-refractivity contribution in [3.63, 3.8) is 0 Å². The number of ether oxygens (including phenoxy) is 2. The number of nitro groups is 1. The summed E-state index contributed by atoms with van der Waals surface area (Å²) in [7, 11) is 1.07. The molecule has 226 valence electrons. The van der Waals surface area contributed by atoms with Crippen LogP contribution < -0.4 is 34.3 Å². The van der Waals surface area contributed by atoms with Gasteiger partial charge in [-0.25, -0.2) is 0 Å². The van der Waals surface area contributed by atoms with Crippen LogP contribution in [0.5, 0.6) is 11.5 Å². The monoisotopic (exact) mass is 647 g/mol. The molecule has 0 atom stereocenters. The Morgan fingerprint density at radius 1 is 0.714 bits per heavy atom. The topological polar surface area (TPSA) is 61.6 Å². The lowest BCUT2D eigenvalue weighted by molar-refractivity contribution is -0.384. The smallest absolute Gasteiger partial charge is 0.269 e. The maximum absolute atomic E-state index is 10.8. The summed E-state index contributed by atoms with van der Waals surface area (Å²) in [5.41, 5.74) is 4.90. The van der Waals surface area contributed by atoms with Crippen molar-refractivity contribution in [2.24, 2.45) is 0 Å². The lowest BCUT2D eigenvalue weighted by Gasteiger charge is -2.13. The van der Waals surface area contributed by atoms with Gasteiger partial charge in [-0.2, -0.15) is 0 Å². The number of halogens is 2. The predicted octanol–water partition coefficient (Wildman–Crippen LogP) is 1.45. The minimum Gasteiger partial charge on any atom is -1.00 e. The van der Waals surface area contributed by atoms with Crippen molar-refractivity contribution >= 4 is 39.6 Å². The highest BCUT2D eigenvalue weighted by Gasteiger charge is 2.27. The second-order valence-corrected chi connectivity index (χ2v) is 15.1. The van der Waals surface area contributed by atoms with Gasteiger partial charge in [-0.15, -0.1) is 0 Å². The Bertz CT molecular complexity index is 1280. The normalized spacial score (nSPS) is 15.3. The lowest BCUT2D eigenvalue weighted by atomic mass is 10.1. The van der Waals surface area contributed by atoms with Crippen LogP contribution in [-0.4, -0.2) is 41.1 Å². The minimum absolute atomic E-state index is 0. The fraction of sp³-hybridized carbons (Fsp3) is 0.394. The van der Waals surface area contributed by atoms with E-state index >= 15 is 0 Å². The molecule has 0 aromatic heterocycles. The third kappa shape index (κ3) is 10.4. The molecule has 2 saturated heterocycles. The zero-order chi connectivity index (χ0) is 27.6. The van der Waals surface area contributed by atoms with Crippen LogP contribution in [0.4, 0.5) is 5.69 Å². The number of nitrogens with zero attached hydrogens (tertiary/aromatic N) is 1. The molecular weight excluding hydrogens is 609 g/mol. The molecule has 0 saturated carbocycles. The van der Waals surface area contributed by atoms with Gasteiger partial charge in [0.05, 0.1) is 18.1 Å². The summed E-state index contributed by atoms with van der Waals surface area (Å²) in [6.07, 6.45) is 10.3. The molecule has 0 aliphatic carbocycles. The van der Waals surface area contributed by atoms with E-state index in [1.54, 1.807) is 12.1 Å². The number of nitro benzene ring substituents is 1. The number of benzene rings is 3. The van der Waals surface area contributed by atoms with Gasteiger partial charge in [-0.05, 0) is 88.9 Å². The molecule has 0 bridgehead atoms. The van der Waals surface area contributed by atoms with Crippen LogP contribution >= 0.6 is 0 Å². The lowest BCUT2D eigenvalue weighted by Crippen LogP contribution is -3.00. The van der Waals surface area contributed by atoms with Crippen molar-refractivity contribution in [1.29, 1.82) is 0 Å². The van der Waals surface area contributed by atoms with Gasteiger partial charge in [-0.3, -0.25) is 10.1 Å². The van der Waals surface area contributed by atoms with Crippen molar-refractivity contribution in [2.75, 3.05) is 36.2 Å². The molecule has 2 aliphatic rings. The fourth-order valence-electron chi connectivity index (χ4n) is 5.12. The van der Waals surface area contributed by atoms with Gasteiger partial charge in [0.25, 0.3) is 5.69 Å². The Kier molecular flexibility index (Phi) is 14.4. The number of hydrogen-bond donors (Lipinski definition) is 0. The molecule has 2 heterocycles. The zero-order valence-electron chi connectivity index (χ0n) is 23.9. The molecule has 2 fully saturated rings. The Balaban J connectivity index is 0.00000242. The van der Waals surface area contributed by atoms with E-state index in [2.05, 4.69) is 18.2 Å². The van der Waals surface area contributed by atoms with E-state index in [0.717, 1.165) is 29.0 Å². The minimum atomic E-state index is -0.386. The van der Waals surface area contributed by atoms with Crippen LogP contribution in [0.15, 0.2) is 66.7 Å².